The van der Waals surface area contributed by atoms with Crippen molar-refractivity contribution in [1.29, 1.82) is 0 Å². The van der Waals surface area contributed by atoms with Crippen molar-refractivity contribution in [3.63, 3.8) is 0 Å². The summed E-state index contributed by atoms with van der Waals surface area (Å²) in [5.41, 5.74) is 1.74. The molecule has 4 aromatic rings. The molecule has 1 amide bonds. The molecule has 0 unspecified atom stereocenters. The van der Waals surface area contributed by atoms with E-state index in [0.29, 0.717) is 28.8 Å². The minimum atomic E-state index is -0.527. The lowest BCUT2D eigenvalue weighted by Gasteiger charge is -2.36. The van der Waals surface area contributed by atoms with Crippen molar-refractivity contribution in [3.8, 4) is 5.75 Å². The third-order valence-corrected chi connectivity index (χ3v) is 7.46. The van der Waals surface area contributed by atoms with Gasteiger partial charge < -0.3 is 19.9 Å². The van der Waals surface area contributed by atoms with E-state index in [1.807, 2.05) is 30.3 Å². The Labute approximate surface area is 236 Å². The number of piperazine rings is 1. The van der Waals surface area contributed by atoms with Crippen molar-refractivity contribution >= 4 is 34.1 Å². The standard InChI is InChI=1S/C30H32ClN5O4/c1-40-25-9-6-21(7-10-25)20-36-29(38)26-11-8-22(18-27(26)33-30(36)39)28(37)32-12-3-13-34-14-16-35(17-15-34)24-5-2-4-23(31)19-24/h2,4-11,18-19H,3,12-17,20H2,1H3,(H,32,37)(H,33,39). The number of hydrogen-bond donors (Lipinski definition) is 2. The zero-order valence-corrected chi connectivity index (χ0v) is 23.1. The predicted octanol–water partition coefficient (Wildman–Crippen LogP) is 3.34. The number of nitrogens with one attached hydrogen (secondary N) is 2. The number of nitrogens with zero attached hydrogens (tertiary/aromatic N) is 3. The summed E-state index contributed by atoms with van der Waals surface area (Å²) in [6.45, 7) is 5.33. The molecule has 1 aliphatic heterocycles. The van der Waals surface area contributed by atoms with Crippen molar-refractivity contribution < 1.29 is 9.53 Å². The SMILES string of the molecule is COc1ccc(Cn2c(=O)[nH]c3cc(C(=O)NCCCN4CCN(c5cccc(Cl)c5)CC4)ccc3c2=O)cc1. The van der Waals surface area contributed by atoms with Gasteiger partial charge in [-0.1, -0.05) is 29.8 Å². The Kier molecular flexibility index (Phi) is 8.52. The fraction of sp³-hybridized carbons (Fsp3) is 0.300. The molecular formula is C30H32ClN5O4. The summed E-state index contributed by atoms with van der Waals surface area (Å²) in [4.78, 5) is 46.0. The number of H-pyrrole nitrogens is 1. The lowest BCUT2D eigenvalue weighted by atomic mass is 10.1. The fourth-order valence-electron chi connectivity index (χ4n) is 4.96. The molecule has 3 aromatic carbocycles. The van der Waals surface area contributed by atoms with Crippen molar-refractivity contribution in [2.75, 3.05) is 51.3 Å². The highest BCUT2D eigenvalue weighted by Crippen LogP contribution is 2.21. The number of halogens is 1. The van der Waals surface area contributed by atoms with Gasteiger partial charge in [-0.2, -0.15) is 0 Å². The molecule has 208 valence electrons. The molecule has 2 N–H and O–H groups in total. The van der Waals surface area contributed by atoms with Crippen LogP contribution in [-0.4, -0.2) is 66.7 Å². The molecular weight excluding hydrogens is 530 g/mol. The zero-order valence-electron chi connectivity index (χ0n) is 22.4. The first-order chi connectivity index (χ1) is 19.4. The average molecular weight is 562 g/mol. The van der Waals surface area contributed by atoms with Crippen LogP contribution >= 0.6 is 11.6 Å². The number of hydrogen-bond acceptors (Lipinski definition) is 6. The van der Waals surface area contributed by atoms with Crippen LogP contribution in [0.25, 0.3) is 10.9 Å². The highest BCUT2D eigenvalue weighted by molar-refractivity contribution is 6.30. The van der Waals surface area contributed by atoms with Crippen LogP contribution in [0.3, 0.4) is 0 Å². The van der Waals surface area contributed by atoms with E-state index >= 15 is 0 Å². The number of aromatic nitrogens is 2. The second-order valence-corrected chi connectivity index (χ2v) is 10.3. The van der Waals surface area contributed by atoms with Crippen molar-refractivity contribution in [2.45, 2.75) is 13.0 Å². The number of ether oxygens (including phenoxy) is 1. The molecule has 0 bridgehead atoms. The first kappa shape index (κ1) is 27.5. The molecule has 5 rings (SSSR count). The van der Waals surface area contributed by atoms with Crippen LogP contribution < -0.4 is 26.2 Å². The van der Waals surface area contributed by atoms with Gasteiger partial charge >= 0.3 is 5.69 Å². The number of fused-ring (bicyclic) bond motifs is 1. The Morgan fingerprint density at radius 3 is 2.50 bits per heavy atom. The van der Waals surface area contributed by atoms with Crippen LogP contribution in [0.15, 0.2) is 76.3 Å². The Morgan fingerprint density at radius 1 is 1.00 bits per heavy atom. The van der Waals surface area contributed by atoms with Gasteiger partial charge in [-0.25, -0.2) is 4.79 Å². The lowest BCUT2D eigenvalue weighted by molar-refractivity contribution is 0.0951. The first-order valence-corrected chi connectivity index (χ1v) is 13.7. The van der Waals surface area contributed by atoms with Gasteiger partial charge in [0.1, 0.15) is 5.75 Å². The molecule has 1 aromatic heterocycles. The second kappa shape index (κ2) is 12.4. The van der Waals surface area contributed by atoms with E-state index in [-0.39, 0.29) is 12.5 Å². The van der Waals surface area contributed by atoms with Gasteiger partial charge in [-0.05, 0) is 67.1 Å². The largest absolute Gasteiger partial charge is 0.497 e. The number of benzene rings is 3. The number of carbonyl (C=O) groups excluding carboxylic acids is 1. The maximum absolute atomic E-state index is 13.0. The topological polar surface area (TPSA) is 99.7 Å². The lowest BCUT2D eigenvalue weighted by Crippen LogP contribution is -2.47. The second-order valence-electron chi connectivity index (χ2n) is 9.85. The summed E-state index contributed by atoms with van der Waals surface area (Å²) in [7, 11) is 1.58. The molecule has 2 heterocycles. The van der Waals surface area contributed by atoms with Crippen LogP contribution in [0.1, 0.15) is 22.3 Å². The molecule has 0 atom stereocenters. The predicted molar refractivity (Wildman–Crippen MR) is 158 cm³/mol. The van der Waals surface area contributed by atoms with E-state index in [4.69, 9.17) is 16.3 Å². The highest BCUT2D eigenvalue weighted by atomic mass is 35.5. The minimum Gasteiger partial charge on any atom is -0.497 e. The van der Waals surface area contributed by atoms with Gasteiger partial charge in [0.05, 0.1) is 24.6 Å². The normalized spacial score (nSPS) is 13.9. The molecule has 10 heteroatoms. The van der Waals surface area contributed by atoms with E-state index in [0.717, 1.165) is 60.0 Å². The van der Waals surface area contributed by atoms with Gasteiger partial charge in [-0.3, -0.25) is 19.1 Å². The van der Waals surface area contributed by atoms with E-state index in [9.17, 15) is 14.4 Å². The molecule has 0 saturated carbocycles. The summed E-state index contributed by atoms with van der Waals surface area (Å²) in [6, 6.07) is 19.9. The maximum Gasteiger partial charge on any atom is 0.329 e. The third kappa shape index (κ3) is 6.38. The van der Waals surface area contributed by atoms with Gasteiger partial charge in [-0.15, -0.1) is 0 Å². The minimum absolute atomic E-state index is 0.131. The number of anilines is 1. The van der Waals surface area contributed by atoms with Crippen LogP contribution in [-0.2, 0) is 6.54 Å². The number of methoxy groups -OCH3 is 1. The number of amides is 1. The smallest absolute Gasteiger partial charge is 0.329 e. The monoisotopic (exact) mass is 561 g/mol. The molecule has 0 radical (unpaired) electrons. The molecule has 0 aliphatic carbocycles. The molecule has 1 saturated heterocycles. The Morgan fingerprint density at radius 2 is 1.77 bits per heavy atom. The molecule has 9 nitrogen and oxygen atoms in total. The Hall–Kier alpha value is -4.08. The summed E-state index contributed by atoms with van der Waals surface area (Å²) in [5.74, 6) is 0.457. The first-order valence-electron chi connectivity index (χ1n) is 13.3. The molecule has 40 heavy (non-hydrogen) atoms. The number of aromatic amines is 1. The van der Waals surface area contributed by atoms with Gasteiger partial charge in [0.2, 0.25) is 0 Å². The van der Waals surface area contributed by atoms with E-state index in [1.165, 1.54) is 0 Å². The fourth-order valence-corrected chi connectivity index (χ4v) is 5.15. The van der Waals surface area contributed by atoms with E-state index in [2.05, 4.69) is 26.2 Å². The summed E-state index contributed by atoms with van der Waals surface area (Å²) in [6.07, 6.45) is 0.823. The van der Waals surface area contributed by atoms with Crippen LogP contribution in [0, 0.1) is 0 Å². The number of rotatable bonds is 9. The Bertz CT molecular complexity index is 1610. The van der Waals surface area contributed by atoms with E-state index < -0.39 is 11.2 Å². The van der Waals surface area contributed by atoms with Crippen LogP contribution in [0.2, 0.25) is 5.02 Å². The quantitative estimate of drug-likeness (QED) is 0.304. The molecule has 1 aliphatic rings. The summed E-state index contributed by atoms with van der Waals surface area (Å²) in [5, 5.41) is 4.04. The zero-order chi connectivity index (χ0) is 28.1. The molecule has 1 fully saturated rings. The van der Waals surface area contributed by atoms with Gasteiger partial charge in [0.15, 0.2) is 0 Å². The van der Waals surface area contributed by atoms with Crippen molar-refractivity contribution in [2.24, 2.45) is 0 Å². The average Bonchev–Trinajstić information content (AvgIpc) is 2.97. The Balaban J connectivity index is 1.14. The van der Waals surface area contributed by atoms with E-state index in [1.54, 1.807) is 37.4 Å². The molecule has 0 spiro atoms. The van der Waals surface area contributed by atoms with Crippen LogP contribution in [0.4, 0.5) is 5.69 Å². The summed E-state index contributed by atoms with van der Waals surface area (Å²) < 4.78 is 6.31. The summed E-state index contributed by atoms with van der Waals surface area (Å²) >= 11 is 6.13. The van der Waals surface area contributed by atoms with Crippen molar-refractivity contribution in [1.82, 2.24) is 19.8 Å². The highest BCUT2D eigenvalue weighted by Gasteiger charge is 2.17. The third-order valence-electron chi connectivity index (χ3n) is 7.23. The number of carbonyl (C=O) groups is 1. The van der Waals surface area contributed by atoms with Crippen molar-refractivity contribution in [3.05, 3.63) is 104 Å². The van der Waals surface area contributed by atoms with Gasteiger partial charge in [0, 0.05) is 49.0 Å². The van der Waals surface area contributed by atoms with Crippen LogP contribution in [0.5, 0.6) is 5.75 Å². The van der Waals surface area contributed by atoms with Gasteiger partial charge in [0.25, 0.3) is 11.5 Å². The maximum atomic E-state index is 13.0.